The van der Waals surface area contributed by atoms with E-state index in [1.54, 1.807) is 11.1 Å². The Hall–Kier alpha value is -1.36. The van der Waals surface area contributed by atoms with Crippen LogP contribution in [0, 0.1) is 12.8 Å². The van der Waals surface area contributed by atoms with E-state index >= 15 is 0 Å². The van der Waals surface area contributed by atoms with Gasteiger partial charge in [0, 0.05) is 24.8 Å². The molecule has 2 rings (SSSR count). The molecule has 1 amide bonds. The number of aliphatic hydroxyl groups excluding tert-OH is 1. The van der Waals surface area contributed by atoms with Crippen molar-refractivity contribution in [2.24, 2.45) is 5.92 Å². The van der Waals surface area contributed by atoms with Gasteiger partial charge < -0.3 is 10.0 Å². The van der Waals surface area contributed by atoms with Crippen LogP contribution >= 0.6 is 0 Å². The van der Waals surface area contributed by atoms with Gasteiger partial charge >= 0.3 is 0 Å². The smallest absolute Gasteiger partial charge is 0.257 e. The number of hydrogen-bond donors (Lipinski definition) is 1. The van der Waals surface area contributed by atoms with Gasteiger partial charge in [-0.25, -0.2) is 0 Å². The molecule has 0 aliphatic carbocycles. The first kappa shape index (κ1) is 15.0. The second kappa shape index (κ2) is 5.95. The Balaban J connectivity index is 2.16. The standard InChI is InChI=1S/C15H25N3O2/c1-5-11(3)18-12(4)13(8-16-18)15(20)17-7-6-10(2)14(19)9-17/h8,10-11,14,19H,5-7,9H2,1-4H3. The van der Waals surface area contributed by atoms with Crippen molar-refractivity contribution in [3.63, 3.8) is 0 Å². The maximum Gasteiger partial charge on any atom is 0.257 e. The molecule has 0 bridgehead atoms. The number of aromatic nitrogens is 2. The van der Waals surface area contributed by atoms with E-state index in [0.717, 1.165) is 18.5 Å². The molecular weight excluding hydrogens is 254 g/mol. The number of hydrogen-bond acceptors (Lipinski definition) is 3. The Kier molecular flexibility index (Phi) is 4.48. The molecule has 112 valence electrons. The van der Waals surface area contributed by atoms with Crippen LogP contribution in [-0.4, -0.2) is 44.9 Å². The third kappa shape index (κ3) is 2.73. The van der Waals surface area contributed by atoms with E-state index in [9.17, 15) is 9.90 Å². The fourth-order valence-electron chi connectivity index (χ4n) is 2.65. The number of aliphatic hydroxyl groups is 1. The van der Waals surface area contributed by atoms with Crippen LogP contribution in [-0.2, 0) is 0 Å². The van der Waals surface area contributed by atoms with Gasteiger partial charge in [0.25, 0.3) is 5.91 Å². The maximum atomic E-state index is 12.6. The van der Waals surface area contributed by atoms with E-state index in [2.05, 4.69) is 18.9 Å². The highest BCUT2D eigenvalue weighted by Gasteiger charge is 2.29. The molecule has 3 unspecified atom stereocenters. The summed E-state index contributed by atoms with van der Waals surface area (Å²) in [5.41, 5.74) is 1.57. The van der Waals surface area contributed by atoms with Crippen molar-refractivity contribution >= 4 is 5.91 Å². The van der Waals surface area contributed by atoms with Crippen LogP contribution < -0.4 is 0 Å². The fraction of sp³-hybridized carbons (Fsp3) is 0.733. The summed E-state index contributed by atoms with van der Waals surface area (Å²) in [7, 11) is 0. The van der Waals surface area contributed by atoms with Crippen molar-refractivity contribution in [1.82, 2.24) is 14.7 Å². The average Bonchev–Trinajstić information content (AvgIpc) is 2.82. The van der Waals surface area contributed by atoms with Gasteiger partial charge in [0.1, 0.15) is 0 Å². The monoisotopic (exact) mass is 279 g/mol. The predicted octanol–water partition coefficient (Wildman–Crippen LogP) is 2.01. The molecule has 2 heterocycles. The topological polar surface area (TPSA) is 58.4 Å². The molecule has 0 radical (unpaired) electrons. The lowest BCUT2D eigenvalue weighted by molar-refractivity contribution is 0.0248. The number of likely N-dealkylation sites (tertiary alicyclic amines) is 1. The Morgan fingerprint density at radius 2 is 2.30 bits per heavy atom. The Labute approximate surface area is 120 Å². The first-order valence-corrected chi connectivity index (χ1v) is 7.47. The van der Waals surface area contributed by atoms with Gasteiger partial charge in [-0.2, -0.15) is 5.10 Å². The minimum atomic E-state index is -0.419. The number of carbonyl (C=O) groups is 1. The molecule has 1 aliphatic heterocycles. The average molecular weight is 279 g/mol. The Morgan fingerprint density at radius 3 is 2.90 bits per heavy atom. The largest absolute Gasteiger partial charge is 0.391 e. The first-order valence-electron chi connectivity index (χ1n) is 7.47. The second-order valence-corrected chi connectivity index (χ2v) is 5.93. The van der Waals surface area contributed by atoms with Gasteiger partial charge in [-0.15, -0.1) is 0 Å². The molecule has 1 fully saturated rings. The summed E-state index contributed by atoms with van der Waals surface area (Å²) in [5.74, 6) is 0.256. The predicted molar refractivity (Wildman–Crippen MR) is 77.7 cm³/mol. The minimum absolute atomic E-state index is 0.0111. The van der Waals surface area contributed by atoms with Crippen LogP contribution in [0.1, 0.15) is 55.7 Å². The summed E-state index contributed by atoms with van der Waals surface area (Å²) in [6.07, 6.45) is 3.08. The summed E-state index contributed by atoms with van der Waals surface area (Å²) < 4.78 is 1.91. The molecule has 0 saturated carbocycles. The maximum absolute atomic E-state index is 12.6. The van der Waals surface area contributed by atoms with E-state index in [0.29, 0.717) is 24.7 Å². The third-order valence-electron chi connectivity index (χ3n) is 4.49. The summed E-state index contributed by atoms with van der Waals surface area (Å²) in [6.45, 7) is 9.31. The number of piperidine rings is 1. The van der Waals surface area contributed by atoms with Crippen LogP contribution in [0.3, 0.4) is 0 Å². The number of β-amino-alcohol motifs (C(OH)–C–C–N with tert-alkyl or cyclic N) is 1. The molecule has 0 aromatic carbocycles. The van der Waals surface area contributed by atoms with Crippen LogP contribution in [0.2, 0.25) is 0 Å². The van der Waals surface area contributed by atoms with Gasteiger partial charge in [0.05, 0.1) is 17.9 Å². The highest BCUT2D eigenvalue weighted by Crippen LogP contribution is 2.21. The highest BCUT2D eigenvalue weighted by atomic mass is 16.3. The molecule has 1 aromatic heterocycles. The summed E-state index contributed by atoms with van der Waals surface area (Å²) in [5, 5.41) is 14.3. The van der Waals surface area contributed by atoms with E-state index < -0.39 is 6.10 Å². The van der Waals surface area contributed by atoms with E-state index in [1.807, 2.05) is 18.5 Å². The lowest BCUT2D eigenvalue weighted by Gasteiger charge is -2.34. The van der Waals surface area contributed by atoms with Gasteiger partial charge in [0.2, 0.25) is 0 Å². The zero-order valence-corrected chi connectivity index (χ0v) is 12.8. The molecule has 20 heavy (non-hydrogen) atoms. The van der Waals surface area contributed by atoms with Gasteiger partial charge in [-0.05, 0) is 32.6 Å². The number of amides is 1. The molecule has 0 spiro atoms. The van der Waals surface area contributed by atoms with Crippen molar-refractivity contribution in [2.75, 3.05) is 13.1 Å². The van der Waals surface area contributed by atoms with Crippen molar-refractivity contribution < 1.29 is 9.90 Å². The normalized spacial score (nSPS) is 24.8. The lowest BCUT2D eigenvalue weighted by atomic mass is 9.95. The quantitative estimate of drug-likeness (QED) is 0.920. The van der Waals surface area contributed by atoms with Gasteiger partial charge in [0.15, 0.2) is 0 Å². The fourth-order valence-corrected chi connectivity index (χ4v) is 2.65. The van der Waals surface area contributed by atoms with Crippen molar-refractivity contribution in [3.8, 4) is 0 Å². The second-order valence-electron chi connectivity index (χ2n) is 5.93. The number of nitrogens with zero attached hydrogens (tertiary/aromatic N) is 3. The van der Waals surface area contributed by atoms with Gasteiger partial charge in [-0.3, -0.25) is 9.48 Å². The summed E-state index contributed by atoms with van der Waals surface area (Å²) in [4.78, 5) is 14.3. The zero-order chi connectivity index (χ0) is 14.9. The van der Waals surface area contributed by atoms with E-state index in [4.69, 9.17) is 0 Å². The Morgan fingerprint density at radius 1 is 1.60 bits per heavy atom. The lowest BCUT2D eigenvalue weighted by Crippen LogP contribution is -2.45. The van der Waals surface area contributed by atoms with Crippen LogP contribution in [0.25, 0.3) is 0 Å². The molecular formula is C15H25N3O2. The highest BCUT2D eigenvalue weighted by molar-refractivity contribution is 5.95. The van der Waals surface area contributed by atoms with Crippen molar-refractivity contribution in [3.05, 3.63) is 17.5 Å². The summed E-state index contributed by atoms with van der Waals surface area (Å²) >= 11 is 0. The Bertz CT molecular complexity index is 483. The summed E-state index contributed by atoms with van der Waals surface area (Å²) in [6, 6.07) is 0.295. The minimum Gasteiger partial charge on any atom is -0.391 e. The van der Waals surface area contributed by atoms with E-state index in [-0.39, 0.29) is 11.8 Å². The third-order valence-corrected chi connectivity index (χ3v) is 4.49. The molecule has 1 aromatic rings. The van der Waals surface area contributed by atoms with Crippen molar-refractivity contribution in [1.29, 1.82) is 0 Å². The van der Waals surface area contributed by atoms with E-state index in [1.165, 1.54) is 0 Å². The number of carbonyl (C=O) groups excluding carboxylic acids is 1. The molecule has 1 saturated heterocycles. The number of rotatable bonds is 3. The molecule has 1 N–H and O–H groups in total. The molecule has 5 heteroatoms. The SMILES string of the molecule is CCC(C)n1ncc(C(=O)N2CCC(C)C(O)C2)c1C. The first-order chi connectivity index (χ1) is 9.45. The molecule has 3 atom stereocenters. The van der Waals surface area contributed by atoms with Gasteiger partial charge in [-0.1, -0.05) is 13.8 Å². The molecule has 1 aliphatic rings. The van der Waals surface area contributed by atoms with Crippen LogP contribution in [0.15, 0.2) is 6.20 Å². The van der Waals surface area contributed by atoms with Crippen LogP contribution in [0.4, 0.5) is 0 Å². The van der Waals surface area contributed by atoms with Crippen LogP contribution in [0.5, 0.6) is 0 Å². The van der Waals surface area contributed by atoms with Crippen molar-refractivity contribution in [2.45, 2.75) is 52.7 Å². The molecule has 5 nitrogen and oxygen atoms in total. The zero-order valence-electron chi connectivity index (χ0n) is 12.8.